The van der Waals surface area contributed by atoms with Gasteiger partial charge in [-0.15, -0.1) is 0 Å². The van der Waals surface area contributed by atoms with Crippen LogP contribution in [0, 0.1) is 5.82 Å². The highest BCUT2D eigenvalue weighted by Crippen LogP contribution is 2.41. The van der Waals surface area contributed by atoms with Gasteiger partial charge in [0.1, 0.15) is 5.82 Å². The maximum absolute atomic E-state index is 13.4. The van der Waals surface area contributed by atoms with Gasteiger partial charge in [0, 0.05) is 32.1 Å². The summed E-state index contributed by atoms with van der Waals surface area (Å²) >= 11 is 5.70. The molecule has 0 radical (unpaired) electrons. The lowest BCUT2D eigenvalue weighted by atomic mass is 10.1. The van der Waals surface area contributed by atoms with Crippen LogP contribution in [0.2, 0.25) is 5.02 Å². The molecular weight excluding hydrogens is 265 g/mol. The molecule has 1 aliphatic heterocycles. The summed E-state index contributed by atoms with van der Waals surface area (Å²) in [5.41, 5.74) is 1.01. The molecule has 1 fully saturated rings. The predicted molar refractivity (Wildman–Crippen MR) is 75.2 cm³/mol. The standard InChI is InChI=1S/C14H17ClFN3/c1-19-6-2-5-17-14(19)18-13-8-10(13)9-3-4-11(15)12(16)7-9/h3-4,7,10,13H,2,5-6,8H2,1H3,(H,17,18)/t10-,13+/m0/s1. The van der Waals surface area contributed by atoms with Crippen LogP contribution in [0.15, 0.2) is 23.2 Å². The smallest absolute Gasteiger partial charge is 0.193 e. The molecule has 1 aromatic carbocycles. The fourth-order valence-corrected chi connectivity index (χ4v) is 2.62. The Labute approximate surface area is 117 Å². The normalized spacial score (nSPS) is 26.1. The van der Waals surface area contributed by atoms with Gasteiger partial charge in [0.15, 0.2) is 5.96 Å². The van der Waals surface area contributed by atoms with Crippen LogP contribution in [0.3, 0.4) is 0 Å². The first-order valence-electron chi connectivity index (χ1n) is 6.62. The van der Waals surface area contributed by atoms with Crippen LogP contribution in [-0.4, -0.2) is 37.0 Å². The fraction of sp³-hybridized carbons (Fsp3) is 0.500. The minimum atomic E-state index is -0.336. The van der Waals surface area contributed by atoms with Gasteiger partial charge in [0.05, 0.1) is 5.02 Å². The van der Waals surface area contributed by atoms with E-state index >= 15 is 0 Å². The molecule has 1 saturated carbocycles. The molecule has 1 N–H and O–H groups in total. The first kappa shape index (κ1) is 12.7. The van der Waals surface area contributed by atoms with Crippen LogP contribution >= 0.6 is 11.6 Å². The van der Waals surface area contributed by atoms with E-state index in [4.69, 9.17) is 11.6 Å². The van der Waals surface area contributed by atoms with Crippen LogP contribution in [0.1, 0.15) is 24.3 Å². The highest BCUT2D eigenvalue weighted by molar-refractivity contribution is 6.30. The number of guanidine groups is 1. The van der Waals surface area contributed by atoms with Crippen LogP contribution < -0.4 is 5.32 Å². The quantitative estimate of drug-likeness (QED) is 0.902. The van der Waals surface area contributed by atoms with E-state index < -0.39 is 0 Å². The summed E-state index contributed by atoms with van der Waals surface area (Å²) in [6.07, 6.45) is 2.13. The number of aliphatic imine (C=N–C) groups is 1. The minimum absolute atomic E-state index is 0.185. The van der Waals surface area contributed by atoms with Gasteiger partial charge in [-0.25, -0.2) is 4.39 Å². The molecule has 0 spiro atoms. The van der Waals surface area contributed by atoms with Gasteiger partial charge in [-0.1, -0.05) is 17.7 Å². The third kappa shape index (κ3) is 2.68. The molecule has 0 amide bonds. The van der Waals surface area contributed by atoms with Crippen molar-refractivity contribution in [2.45, 2.75) is 24.8 Å². The van der Waals surface area contributed by atoms with E-state index in [1.807, 2.05) is 13.1 Å². The molecule has 19 heavy (non-hydrogen) atoms. The van der Waals surface area contributed by atoms with Crippen molar-refractivity contribution in [3.8, 4) is 0 Å². The summed E-state index contributed by atoms with van der Waals surface area (Å²) < 4.78 is 13.4. The second kappa shape index (κ2) is 5.00. The molecule has 0 bridgehead atoms. The van der Waals surface area contributed by atoms with E-state index in [1.54, 1.807) is 12.1 Å². The Kier molecular flexibility index (Phi) is 3.35. The van der Waals surface area contributed by atoms with Crippen LogP contribution in [0.5, 0.6) is 0 Å². The Morgan fingerprint density at radius 1 is 1.47 bits per heavy atom. The van der Waals surface area contributed by atoms with E-state index in [1.165, 1.54) is 0 Å². The lowest BCUT2D eigenvalue weighted by Crippen LogP contribution is -2.43. The van der Waals surface area contributed by atoms with Crippen LogP contribution in [0.4, 0.5) is 4.39 Å². The number of benzene rings is 1. The molecule has 1 heterocycles. The van der Waals surface area contributed by atoms with E-state index in [0.717, 1.165) is 37.5 Å². The molecule has 3 nitrogen and oxygen atoms in total. The molecule has 3 rings (SSSR count). The van der Waals surface area contributed by atoms with Crippen molar-refractivity contribution < 1.29 is 4.39 Å². The monoisotopic (exact) mass is 281 g/mol. The maximum Gasteiger partial charge on any atom is 0.193 e. The summed E-state index contributed by atoms with van der Waals surface area (Å²) in [7, 11) is 2.05. The van der Waals surface area contributed by atoms with Crippen molar-refractivity contribution in [1.82, 2.24) is 10.2 Å². The second-order valence-electron chi connectivity index (χ2n) is 5.25. The second-order valence-corrected chi connectivity index (χ2v) is 5.65. The molecule has 102 valence electrons. The molecule has 1 aliphatic carbocycles. The summed E-state index contributed by atoms with van der Waals surface area (Å²) in [5, 5.41) is 3.63. The average molecular weight is 282 g/mol. The Hall–Kier alpha value is -1.29. The minimum Gasteiger partial charge on any atom is -0.353 e. The summed E-state index contributed by atoms with van der Waals surface area (Å²) in [5.74, 6) is 0.995. The number of hydrogen-bond donors (Lipinski definition) is 1. The van der Waals surface area contributed by atoms with Crippen molar-refractivity contribution in [2.24, 2.45) is 4.99 Å². The van der Waals surface area contributed by atoms with Gasteiger partial charge in [-0.3, -0.25) is 4.99 Å². The SMILES string of the molecule is CN1CCCN=C1N[C@@H]1C[C@H]1c1ccc(Cl)c(F)c1. The summed E-state index contributed by atoms with van der Waals surface area (Å²) in [4.78, 5) is 6.63. The topological polar surface area (TPSA) is 27.6 Å². The van der Waals surface area contributed by atoms with Gasteiger partial charge >= 0.3 is 0 Å². The zero-order valence-corrected chi connectivity index (χ0v) is 11.6. The number of nitrogens with one attached hydrogen (secondary N) is 1. The average Bonchev–Trinajstić information content (AvgIpc) is 3.15. The lowest BCUT2D eigenvalue weighted by molar-refractivity contribution is 0.445. The fourth-order valence-electron chi connectivity index (χ4n) is 2.51. The first-order chi connectivity index (χ1) is 9.15. The first-order valence-corrected chi connectivity index (χ1v) is 7.00. The van der Waals surface area contributed by atoms with E-state index in [0.29, 0.717) is 12.0 Å². The third-order valence-corrected chi connectivity index (χ3v) is 4.06. The van der Waals surface area contributed by atoms with Gasteiger partial charge in [0.2, 0.25) is 0 Å². The van der Waals surface area contributed by atoms with Crippen molar-refractivity contribution in [3.63, 3.8) is 0 Å². The third-order valence-electron chi connectivity index (χ3n) is 3.75. The Morgan fingerprint density at radius 2 is 2.32 bits per heavy atom. The molecule has 0 aromatic heterocycles. The molecule has 1 aromatic rings. The molecule has 2 aliphatic rings. The van der Waals surface area contributed by atoms with Gasteiger partial charge < -0.3 is 10.2 Å². The zero-order chi connectivity index (χ0) is 13.4. The molecular formula is C14H17ClFN3. The predicted octanol–water partition coefficient (Wildman–Crippen LogP) is 2.62. The van der Waals surface area contributed by atoms with E-state index in [-0.39, 0.29) is 10.8 Å². The Bertz CT molecular complexity index is 517. The van der Waals surface area contributed by atoms with E-state index in [2.05, 4.69) is 15.2 Å². The van der Waals surface area contributed by atoms with Gasteiger partial charge in [-0.2, -0.15) is 0 Å². The number of hydrogen-bond acceptors (Lipinski definition) is 3. The van der Waals surface area contributed by atoms with Crippen molar-refractivity contribution in [1.29, 1.82) is 0 Å². The van der Waals surface area contributed by atoms with Gasteiger partial charge in [0.25, 0.3) is 0 Å². The highest BCUT2D eigenvalue weighted by atomic mass is 35.5. The highest BCUT2D eigenvalue weighted by Gasteiger charge is 2.39. The van der Waals surface area contributed by atoms with Crippen LogP contribution in [0.25, 0.3) is 0 Å². The Morgan fingerprint density at radius 3 is 3.05 bits per heavy atom. The van der Waals surface area contributed by atoms with Crippen molar-refractivity contribution in [2.75, 3.05) is 20.1 Å². The number of nitrogens with zero attached hydrogens (tertiary/aromatic N) is 2. The summed E-state index contributed by atoms with van der Waals surface area (Å²) in [6.45, 7) is 1.93. The summed E-state index contributed by atoms with van der Waals surface area (Å²) in [6, 6.07) is 5.44. The van der Waals surface area contributed by atoms with E-state index in [9.17, 15) is 4.39 Å². The van der Waals surface area contributed by atoms with Crippen LogP contribution in [-0.2, 0) is 0 Å². The van der Waals surface area contributed by atoms with Gasteiger partial charge in [-0.05, 0) is 30.5 Å². The lowest BCUT2D eigenvalue weighted by Gasteiger charge is -2.25. The maximum atomic E-state index is 13.4. The molecule has 2 atom stereocenters. The number of rotatable bonds is 2. The molecule has 0 unspecified atom stereocenters. The Balaban J connectivity index is 1.64. The molecule has 5 heteroatoms. The largest absolute Gasteiger partial charge is 0.353 e. The molecule has 0 saturated heterocycles. The number of halogens is 2. The zero-order valence-electron chi connectivity index (χ0n) is 10.9. The van der Waals surface area contributed by atoms with Crippen molar-refractivity contribution in [3.05, 3.63) is 34.6 Å². The van der Waals surface area contributed by atoms with Crippen molar-refractivity contribution >= 4 is 17.6 Å².